The van der Waals surface area contributed by atoms with E-state index in [1.54, 1.807) is 0 Å². The van der Waals surface area contributed by atoms with E-state index >= 15 is 0 Å². The zero-order valence-corrected chi connectivity index (χ0v) is 11.5. The van der Waals surface area contributed by atoms with Crippen LogP contribution >= 0.6 is 0 Å². The maximum Gasteiger partial charge on any atom is 0.233 e. The summed E-state index contributed by atoms with van der Waals surface area (Å²) in [6.45, 7) is 12.1. The molecule has 3 nitrogen and oxygen atoms in total. The maximum atomic E-state index is 11.5. The molecule has 0 saturated heterocycles. The van der Waals surface area contributed by atoms with Gasteiger partial charge in [0.1, 0.15) is 0 Å². The fourth-order valence-electron chi connectivity index (χ4n) is 1.64. The van der Waals surface area contributed by atoms with Crippen LogP contribution in [0.3, 0.4) is 0 Å². The van der Waals surface area contributed by atoms with E-state index in [-0.39, 0.29) is 5.91 Å². The summed E-state index contributed by atoms with van der Waals surface area (Å²) >= 11 is 0. The molecule has 0 aromatic heterocycles. The van der Waals surface area contributed by atoms with E-state index in [1.807, 2.05) is 0 Å². The van der Waals surface area contributed by atoms with Crippen molar-refractivity contribution in [1.29, 1.82) is 0 Å². The number of nitrogens with one attached hydrogen (secondary N) is 2. The van der Waals surface area contributed by atoms with Gasteiger partial charge in [-0.05, 0) is 24.7 Å². The van der Waals surface area contributed by atoms with Crippen molar-refractivity contribution in [2.75, 3.05) is 13.1 Å². The second kappa shape index (κ2) is 8.57. The fraction of sp³-hybridized carbons (Fsp3) is 0.923. The lowest BCUT2D eigenvalue weighted by Crippen LogP contribution is -2.41. The molecule has 1 amide bonds. The Morgan fingerprint density at radius 2 is 1.81 bits per heavy atom. The smallest absolute Gasteiger partial charge is 0.233 e. The van der Waals surface area contributed by atoms with E-state index in [0.717, 1.165) is 19.4 Å². The Hall–Kier alpha value is -0.570. The summed E-state index contributed by atoms with van der Waals surface area (Å²) < 4.78 is 0. The van der Waals surface area contributed by atoms with Gasteiger partial charge in [-0.1, -0.05) is 34.6 Å². The Balaban J connectivity index is 3.63. The lowest BCUT2D eigenvalue weighted by atomic mass is 10.0. The predicted octanol–water partition coefficient (Wildman–Crippen LogP) is 2.17. The Labute approximate surface area is 100 Å². The van der Waals surface area contributed by atoms with Crippen LogP contribution in [0.25, 0.3) is 0 Å². The van der Waals surface area contributed by atoms with Gasteiger partial charge in [0.05, 0.1) is 6.54 Å². The molecule has 0 aromatic rings. The van der Waals surface area contributed by atoms with E-state index in [0.29, 0.717) is 24.4 Å². The minimum absolute atomic E-state index is 0.111. The Morgan fingerprint density at radius 1 is 1.19 bits per heavy atom. The number of amides is 1. The van der Waals surface area contributed by atoms with Crippen LogP contribution in [0.4, 0.5) is 0 Å². The molecule has 1 atom stereocenters. The third-order valence-corrected chi connectivity index (χ3v) is 2.81. The number of hydrogen-bond acceptors (Lipinski definition) is 2. The van der Waals surface area contributed by atoms with Gasteiger partial charge in [0.15, 0.2) is 0 Å². The predicted molar refractivity (Wildman–Crippen MR) is 69.4 cm³/mol. The first-order valence-corrected chi connectivity index (χ1v) is 6.47. The average molecular weight is 228 g/mol. The van der Waals surface area contributed by atoms with E-state index in [1.165, 1.54) is 0 Å². The molecular weight excluding hydrogens is 200 g/mol. The molecule has 0 saturated carbocycles. The molecule has 0 fully saturated rings. The SMILES string of the molecule is CCC(NCC(=O)NCCC(C)C)C(C)C. The molecule has 0 spiro atoms. The second-order valence-electron chi connectivity index (χ2n) is 5.17. The van der Waals surface area contributed by atoms with Crippen molar-refractivity contribution in [2.24, 2.45) is 11.8 Å². The summed E-state index contributed by atoms with van der Waals surface area (Å²) in [7, 11) is 0. The standard InChI is InChI=1S/C13H28N2O/c1-6-12(11(4)5)15-9-13(16)14-8-7-10(2)3/h10-12,15H,6-9H2,1-5H3,(H,14,16). The monoisotopic (exact) mass is 228 g/mol. The largest absolute Gasteiger partial charge is 0.355 e. The molecule has 0 rings (SSSR count). The normalized spacial score (nSPS) is 13.2. The Bertz CT molecular complexity index is 190. The zero-order chi connectivity index (χ0) is 12.6. The molecule has 0 aliphatic heterocycles. The first-order valence-electron chi connectivity index (χ1n) is 6.47. The molecule has 16 heavy (non-hydrogen) atoms. The molecule has 3 heteroatoms. The summed E-state index contributed by atoms with van der Waals surface area (Å²) in [5.41, 5.74) is 0. The number of carbonyl (C=O) groups is 1. The quantitative estimate of drug-likeness (QED) is 0.668. The molecule has 0 aliphatic rings. The van der Waals surface area contributed by atoms with E-state index in [9.17, 15) is 4.79 Å². The molecule has 0 bridgehead atoms. The molecule has 0 aliphatic carbocycles. The van der Waals surface area contributed by atoms with Gasteiger partial charge >= 0.3 is 0 Å². The van der Waals surface area contributed by atoms with Gasteiger partial charge in [-0.25, -0.2) is 0 Å². The van der Waals surface area contributed by atoms with Gasteiger partial charge in [-0.3, -0.25) is 4.79 Å². The van der Waals surface area contributed by atoms with Gasteiger partial charge < -0.3 is 10.6 Å². The highest BCUT2D eigenvalue weighted by molar-refractivity contribution is 5.77. The van der Waals surface area contributed by atoms with Gasteiger partial charge in [0.2, 0.25) is 5.91 Å². The van der Waals surface area contributed by atoms with Crippen LogP contribution in [-0.4, -0.2) is 25.0 Å². The number of carbonyl (C=O) groups excluding carboxylic acids is 1. The van der Waals surface area contributed by atoms with Gasteiger partial charge in [0, 0.05) is 12.6 Å². The number of rotatable bonds is 8. The van der Waals surface area contributed by atoms with E-state index < -0.39 is 0 Å². The van der Waals surface area contributed by atoms with Crippen LogP contribution in [0.2, 0.25) is 0 Å². The van der Waals surface area contributed by atoms with Crippen molar-refractivity contribution in [3.8, 4) is 0 Å². The minimum atomic E-state index is 0.111. The topological polar surface area (TPSA) is 41.1 Å². The lowest BCUT2D eigenvalue weighted by Gasteiger charge is -2.20. The maximum absolute atomic E-state index is 11.5. The number of hydrogen-bond donors (Lipinski definition) is 2. The van der Waals surface area contributed by atoms with Crippen molar-refractivity contribution in [1.82, 2.24) is 10.6 Å². The molecular formula is C13H28N2O. The third kappa shape index (κ3) is 7.69. The van der Waals surface area contributed by atoms with Crippen LogP contribution in [0.1, 0.15) is 47.5 Å². The second-order valence-corrected chi connectivity index (χ2v) is 5.17. The highest BCUT2D eigenvalue weighted by Crippen LogP contribution is 2.04. The summed E-state index contributed by atoms with van der Waals surface area (Å²) in [5, 5.41) is 6.23. The first-order chi connectivity index (χ1) is 7.47. The van der Waals surface area contributed by atoms with Gasteiger partial charge in [-0.2, -0.15) is 0 Å². The van der Waals surface area contributed by atoms with E-state index in [4.69, 9.17) is 0 Å². The lowest BCUT2D eigenvalue weighted by molar-refractivity contribution is -0.120. The Morgan fingerprint density at radius 3 is 2.25 bits per heavy atom. The third-order valence-electron chi connectivity index (χ3n) is 2.81. The molecule has 1 unspecified atom stereocenters. The molecule has 0 aromatic carbocycles. The summed E-state index contributed by atoms with van der Waals surface area (Å²) in [6.07, 6.45) is 2.12. The van der Waals surface area contributed by atoms with Crippen molar-refractivity contribution < 1.29 is 4.79 Å². The minimum Gasteiger partial charge on any atom is -0.355 e. The molecule has 0 radical (unpaired) electrons. The van der Waals surface area contributed by atoms with Gasteiger partial charge in [-0.15, -0.1) is 0 Å². The van der Waals surface area contributed by atoms with Crippen molar-refractivity contribution in [2.45, 2.75) is 53.5 Å². The van der Waals surface area contributed by atoms with Crippen LogP contribution in [0, 0.1) is 11.8 Å². The molecule has 0 heterocycles. The van der Waals surface area contributed by atoms with Crippen LogP contribution in [-0.2, 0) is 4.79 Å². The highest BCUT2D eigenvalue weighted by atomic mass is 16.1. The average Bonchev–Trinajstić information content (AvgIpc) is 2.17. The molecule has 96 valence electrons. The van der Waals surface area contributed by atoms with Crippen molar-refractivity contribution >= 4 is 5.91 Å². The highest BCUT2D eigenvalue weighted by Gasteiger charge is 2.11. The molecule has 2 N–H and O–H groups in total. The van der Waals surface area contributed by atoms with Crippen LogP contribution in [0.5, 0.6) is 0 Å². The van der Waals surface area contributed by atoms with Crippen LogP contribution < -0.4 is 10.6 Å². The van der Waals surface area contributed by atoms with Crippen molar-refractivity contribution in [3.63, 3.8) is 0 Å². The van der Waals surface area contributed by atoms with E-state index in [2.05, 4.69) is 45.3 Å². The summed E-state index contributed by atoms with van der Waals surface area (Å²) in [6, 6.07) is 0.441. The van der Waals surface area contributed by atoms with Crippen molar-refractivity contribution in [3.05, 3.63) is 0 Å². The Kier molecular flexibility index (Phi) is 8.26. The van der Waals surface area contributed by atoms with Gasteiger partial charge in [0.25, 0.3) is 0 Å². The first kappa shape index (κ1) is 15.4. The summed E-state index contributed by atoms with van der Waals surface area (Å²) in [4.78, 5) is 11.5. The zero-order valence-electron chi connectivity index (χ0n) is 11.5. The fourth-order valence-corrected chi connectivity index (χ4v) is 1.64. The summed E-state index contributed by atoms with van der Waals surface area (Å²) in [5.74, 6) is 1.33. The van der Waals surface area contributed by atoms with Crippen LogP contribution in [0.15, 0.2) is 0 Å².